The molecule has 0 unspecified atom stereocenters. The minimum Gasteiger partial charge on any atom is -0.493 e. The van der Waals surface area contributed by atoms with Crippen LogP contribution in [0.1, 0.15) is 102 Å². The van der Waals surface area contributed by atoms with E-state index in [4.69, 9.17) is 9.72 Å². The van der Waals surface area contributed by atoms with Gasteiger partial charge in [-0.15, -0.1) is 10.2 Å². The summed E-state index contributed by atoms with van der Waals surface area (Å²) in [6.45, 7) is 17.8. The van der Waals surface area contributed by atoms with E-state index in [0.29, 0.717) is 31.3 Å². The molecule has 260 valence electrons. The van der Waals surface area contributed by atoms with E-state index in [-0.39, 0.29) is 16.7 Å². The van der Waals surface area contributed by atoms with Gasteiger partial charge in [0.2, 0.25) is 11.1 Å². The van der Waals surface area contributed by atoms with Crippen LogP contribution in [0.5, 0.6) is 5.75 Å². The van der Waals surface area contributed by atoms with E-state index in [1.54, 1.807) is 11.8 Å². The second-order valence-corrected chi connectivity index (χ2v) is 15.5. The highest BCUT2D eigenvalue weighted by atomic mass is 32.2. The number of carbonyl (C=O) groups excluding carboxylic acids is 1. The molecule has 49 heavy (non-hydrogen) atoms. The number of unbranched alkanes of at least 4 members (excludes halogenated alkanes) is 1. The van der Waals surface area contributed by atoms with Crippen LogP contribution in [0.3, 0.4) is 0 Å². The van der Waals surface area contributed by atoms with E-state index < -0.39 is 0 Å². The van der Waals surface area contributed by atoms with Crippen molar-refractivity contribution in [2.45, 2.75) is 110 Å². The molecule has 0 aliphatic heterocycles. The summed E-state index contributed by atoms with van der Waals surface area (Å²) in [4.78, 5) is 17.5. The molecule has 2 heterocycles. The summed E-state index contributed by atoms with van der Waals surface area (Å²) >= 11 is 1.55. The molecule has 0 spiro atoms. The molecular weight excluding hydrogens is 627 g/mol. The molecule has 0 atom stereocenters. The summed E-state index contributed by atoms with van der Waals surface area (Å²) < 4.78 is 8.53. The van der Waals surface area contributed by atoms with Crippen LogP contribution < -0.4 is 10.1 Å². The highest BCUT2D eigenvalue weighted by Crippen LogP contribution is 2.38. The molecule has 0 fully saturated rings. The van der Waals surface area contributed by atoms with Crippen molar-refractivity contribution < 1.29 is 9.53 Å². The molecule has 0 radical (unpaired) electrons. The van der Waals surface area contributed by atoms with Crippen LogP contribution in [0, 0.1) is 6.92 Å². The normalized spacial score (nSPS) is 12.1. The molecule has 5 aromatic rings. The number of rotatable bonds is 17. The standard InChI is InChI=1S/C41H53N5O2S/c1-8-40(4,5)31-22-23-35(33(27-31)41(6,7)9-2)48-25-13-12-24-42-36(47)17-14-26-49-39-43-38-37(44-45-39)32-15-10-11-16-34(32)46(38)28-30-20-18-29(3)19-21-30/h10-11,15-16,18-23,27H,8-9,12-14,17,24-26,28H2,1-7H3,(H,42,47). The quantitative estimate of drug-likeness (QED) is 0.0779. The third kappa shape index (κ3) is 9.01. The lowest BCUT2D eigenvalue weighted by atomic mass is 9.76. The highest BCUT2D eigenvalue weighted by molar-refractivity contribution is 7.99. The molecule has 2 aromatic heterocycles. The van der Waals surface area contributed by atoms with Gasteiger partial charge in [0, 0.05) is 36.2 Å². The lowest BCUT2D eigenvalue weighted by Crippen LogP contribution is -2.24. The van der Waals surface area contributed by atoms with E-state index in [1.165, 1.54) is 22.3 Å². The molecule has 0 bridgehead atoms. The third-order valence-corrected chi connectivity index (χ3v) is 10.9. The fourth-order valence-electron chi connectivity index (χ4n) is 5.91. The average Bonchev–Trinajstić information content (AvgIpc) is 3.41. The smallest absolute Gasteiger partial charge is 0.220 e. The van der Waals surface area contributed by atoms with E-state index in [2.05, 4.69) is 123 Å². The maximum atomic E-state index is 12.5. The van der Waals surface area contributed by atoms with E-state index in [0.717, 1.165) is 65.7 Å². The van der Waals surface area contributed by atoms with Crippen molar-refractivity contribution >= 4 is 39.7 Å². The van der Waals surface area contributed by atoms with Crippen molar-refractivity contribution in [3.8, 4) is 5.75 Å². The van der Waals surface area contributed by atoms with Gasteiger partial charge in [-0.2, -0.15) is 0 Å². The SMILES string of the molecule is CCC(C)(C)c1ccc(OCCCCNC(=O)CCCSc2nnc3c4ccccc4n(Cc4ccc(C)cc4)c3n2)c(C(C)(C)CC)c1. The van der Waals surface area contributed by atoms with E-state index in [9.17, 15) is 4.79 Å². The number of benzene rings is 3. The second-order valence-electron chi connectivity index (χ2n) is 14.4. The van der Waals surface area contributed by atoms with Gasteiger partial charge in [0.15, 0.2) is 5.65 Å². The van der Waals surface area contributed by atoms with Gasteiger partial charge in [0.05, 0.1) is 12.1 Å². The number of ether oxygens (including phenoxy) is 1. The van der Waals surface area contributed by atoms with Crippen molar-refractivity contribution in [3.63, 3.8) is 0 Å². The van der Waals surface area contributed by atoms with Crippen molar-refractivity contribution in [1.82, 2.24) is 25.1 Å². The highest BCUT2D eigenvalue weighted by Gasteiger charge is 2.26. The molecule has 0 saturated heterocycles. The molecular formula is C41H53N5O2S. The zero-order valence-electron chi connectivity index (χ0n) is 30.4. The zero-order chi connectivity index (χ0) is 35.0. The summed E-state index contributed by atoms with van der Waals surface area (Å²) in [6, 6.07) is 23.6. The summed E-state index contributed by atoms with van der Waals surface area (Å²) in [5.41, 5.74) is 8.03. The first-order chi connectivity index (χ1) is 23.5. The van der Waals surface area contributed by atoms with Crippen molar-refractivity contribution in [2.75, 3.05) is 18.9 Å². The monoisotopic (exact) mass is 679 g/mol. The number of nitrogens with one attached hydrogen (secondary N) is 1. The number of amides is 1. The summed E-state index contributed by atoms with van der Waals surface area (Å²) in [6.07, 6.45) is 5.12. The summed E-state index contributed by atoms with van der Waals surface area (Å²) in [7, 11) is 0. The molecule has 0 aliphatic rings. The van der Waals surface area contributed by atoms with E-state index in [1.807, 2.05) is 12.1 Å². The Bertz CT molecular complexity index is 1860. The van der Waals surface area contributed by atoms with Crippen molar-refractivity contribution in [2.24, 2.45) is 0 Å². The van der Waals surface area contributed by atoms with E-state index >= 15 is 0 Å². The minimum absolute atomic E-state index is 0.0402. The number of hydrogen-bond donors (Lipinski definition) is 1. The van der Waals surface area contributed by atoms with Crippen LogP contribution in [0.2, 0.25) is 0 Å². The van der Waals surface area contributed by atoms with Gasteiger partial charge >= 0.3 is 0 Å². The largest absolute Gasteiger partial charge is 0.493 e. The molecule has 1 N–H and O–H groups in total. The lowest BCUT2D eigenvalue weighted by molar-refractivity contribution is -0.121. The Morgan fingerprint density at radius 1 is 0.898 bits per heavy atom. The fraction of sp³-hybridized carbons (Fsp3) is 0.463. The van der Waals surface area contributed by atoms with Crippen LogP contribution in [0.25, 0.3) is 22.1 Å². The Balaban J connectivity index is 1.07. The Kier molecular flexibility index (Phi) is 12.0. The predicted octanol–water partition coefficient (Wildman–Crippen LogP) is 9.56. The number of hydrogen-bond acceptors (Lipinski definition) is 6. The topological polar surface area (TPSA) is 81.9 Å². The number of para-hydroxylation sites is 1. The van der Waals surface area contributed by atoms with Crippen LogP contribution in [0.15, 0.2) is 71.9 Å². The number of carbonyl (C=O) groups is 1. The van der Waals surface area contributed by atoms with Crippen LogP contribution in [0.4, 0.5) is 0 Å². The Morgan fingerprint density at radius 3 is 2.41 bits per heavy atom. The van der Waals surface area contributed by atoms with Crippen molar-refractivity contribution in [3.05, 3.63) is 89.0 Å². The fourth-order valence-corrected chi connectivity index (χ4v) is 6.63. The number of nitrogens with zero attached hydrogens (tertiary/aromatic N) is 4. The molecule has 0 saturated carbocycles. The van der Waals surface area contributed by atoms with Gasteiger partial charge in [-0.3, -0.25) is 4.79 Å². The summed E-state index contributed by atoms with van der Waals surface area (Å²) in [5.74, 6) is 1.81. The maximum absolute atomic E-state index is 12.5. The molecule has 1 amide bonds. The van der Waals surface area contributed by atoms with Gasteiger partial charge in [0.25, 0.3) is 0 Å². The number of aryl methyl sites for hydroxylation is 1. The van der Waals surface area contributed by atoms with Crippen LogP contribution in [-0.4, -0.2) is 44.6 Å². The molecule has 3 aromatic carbocycles. The first kappa shape index (κ1) is 36.4. The maximum Gasteiger partial charge on any atom is 0.220 e. The van der Waals surface area contributed by atoms with Gasteiger partial charge in [-0.05, 0) is 73.1 Å². The van der Waals surface area contributed by atoms with Gasteiger partial charge in [-0.1, -0.05) is 113 Å². The Hall–Kier alpha value is -3.91. The number of aromatic nitrogens is 4. The van der Waals surface area contributed by atoms with Gasteiger partial charge in [0.1, 0.15) is 11.3 Å². The first-order valence-corrected chi connectivity index (χ1v) is 18.9. The van der Waals surface area contributed by atoms with Crippen LogP contribution in [-0.2, 0) is 22.2 Å². The minimum atomic E-state index is 0.0402. The summed E-state index contributed by atoms with van der Waals surface area (Å²) in [5, 5.41) is 13.8. The lowest BCUT2D eigenvalue weighted by Gasteiger charge is -2.30. The number of thioether (sulfide) groups is 1. The molecule has 0 aliphatic carbocycles. The predicted molar refractivity (Wildman–Crippen MR) is 204 cm³/mol. The molecule has 8 heteroatoms. The average molecular weight is 680 g/mol. The molecule has 7 nitrogen and oxygen atoms in total. The van der Waals surface area contributed by atoms with Crippen LogP contribution >= 0.6 is 11.8 Å². The first-order valence-electron chi connectivity index (χ1n) is 17.9. The zero-order valence-corrected chi connectivity index (χ0v) is 31.3. The molecule has 5 rings (SSSR count). The third-order valence-electron chi connectivity index (χ3n) is 10.0. The Labute approximate surface area is 296 Å². The number of fused-ring (bicyclic) bond motifs is 3. The second kappa shape index (κ2) is 16.2. The van der Waals surface area contributed by atoms with Gasteiger partial charge < -0.3 is 14.6 Å². The Morgan fingerprint density at radius 2 is 1.65 bits per heavy atom. The van der Waals surface area contributed by atoms with Crippen molar-refractivity contribution in [1.29, 1.82) is 0 Å². The van der Waals surface area contributed by atoms with Gasteiger partial charge in [-0.25, -0.2) is 4.98 Å².